The van der Waals surface area contributed by atoms with E-state index in [0.29, 0.717) is 48.7 Å². The van der Waals surface area contributed by atoms with Crippen molar-refractivity contribution in [2.24, 2.45) is 5.73 Å². The Bertz CT molecular complexity index is 1400. The number of nitrogens with one attached hydrogen (secondary N) is 1. The highest BCUT2D eigenvalue weighted by atomic mass is 16.6. The second-order valence-corrected chi connectivity index (χ2v) is 9.83. The van der Waals surface area contributed by atoms with Crippen LogP contribution in [0.4, 0.5) is 17.2 Å². The van der Waals surface area contributed by atoms with Gasteiger partial charge in [-0.05, 0) is 43.7 Å². The third kappa shape index (κ3) is 6.90. The highest BCUT2D eigenvalue weighted by Crippen LogP contribution is 2.35. The standard InChI is InChI=1S/C29H34N6O6/c1-19-17-33(28-26(35(38)39)24(11-12-31-28)32-16-21-7-5-4-6-8-21)13-14-34(19)29(37)20(2)41-25-10-9-22(27(30)36)15-23(25)18-40-3/h4-12,15,19-20H,13-14,16-18H2,1-3H3,(H2,30,36)(H,31,32)/t19?,20-/m0/s1. The molecule has 3 N–H and O–H groups in total. The lowest BCUT2D eigenvalue weighted by molar-refractivity contribution is -0.383. The Kier molecular flexibility index (Phi) is 9.35. The molecule has 12 heteroatoms. The van der Waals surface area contributed by atoms with Crippen LogP contribution in [0.1, 0.15) is 35.3 Å². The minimum atomic E-state index is -0.822. The largest absolute Gasteiger partial charge is 0.481 e. The van der Waals surface area contributed by atoms with Gasteiger partial charge in [-0.25, -0.2) is 4.98 Å². The zero-order chi connectivity index (χ0) is 29.5. The molecule has 1 saturated heterocycles. The summed E-state index contributed by atoms with van der Waals surface area (Å²) in [6, 6.07) is 15.7. The van der Waals surface area contributed by atoms with Crippen molar-refractivity contribution in [2.45, 2.75) is 39.1 Å². The third-order valence-corrected chi connectivity index (χ3v) is 6.92. The molecule has 1 aliphatic rings. The molecule has 1 fully saturated rings. The Labute approximate surface area is 238 Å². The van der Waals surface area contributed by atoms with Crippen molar-refractivity contribution in [2.75, 3.05) is 37.0 Å². The number of pyridine rings is 1. The Morgan fingerprint density at radius 2 is 1.95 bits per heavy atom. The average Bonchev–Trinajstić information content (AvgIpc) is 2.96. The Morgan fingerprint density at radius 3 is 2.61 bits per heavy atom. The van der Waals surface area contributed by atoms with Crippen LogP contribution in [0.15, 0.2) is 60.8 Å². The summed E-state index contributed by atoms with van der Waals surface area (Å²) in [5.41, 5.74) is 7.58. The molecule has 1 aliphatic heterocycles. The lowest BCUT2D eigenvalue weighted by Gasteiger charge is -2.41. The van der Waals surface area contributed by atoms with E-state index in [1.54, 1.807) is 36.2 Å². The van der Waals surface area contributed by atoms with Crippen LogP contribution in [0.3, 0.4) is 0 Å². The number of hydrogen-bond donors (Lipinski definition) is 2. The molecule has 2 amide bonds. The van der Waals surface area contributed by atoms with E-state index >= 15 is 0 Å². The molecule has 216 valence electrons. The molecule has 2 heterocycles. The fraction of sp³-hybridized carbons (Fsp3) is 0.345. The Hall–Kier alpha value is -4.71. The molecule has 1 aromatic heterocycles. The van der Waals surface area contributed by atoms with E-state index < -0.39 is 16.9 Å². The molecule has 2 aromatic carbocycles. The van der Waals surface area contributed by atoms with Gasteiger partial charge in [0.15, 0.2) is 6.10 Å². The number of ether oxygens (including phenoxy) is 2. The van der Waals surface area contributed by atoms with E-state index in [1.807, 2.05) is 42.2 Å². The van der Waals surface area contributed by atoms with Gasteiger partial charge in [0, 0.05) is 56.7 Å². The molecular formula is C29H34N6O6. The van der Waals surface area contributed by atoms with Gasteiger partial charge in [-0.1, -0.05) is 30.3 Å². The zero-order valence-corrected chi connectivity index (χ0v) is 23.3. The van der Waals surface area contributed by atoms with E-state index in [-0.39, 0.29) is 30.1 Å². The van der Waals surface area contributed by atoms with Gasteiger partial charge in [-0.15, -0.1) is 0 Å². The maximum absolute atomic E-state index is 13.4. The van der Waals surface area contributed by atoms with Crippen molar-refractivity contribution in [1.82, 2.24) is 9.88 Å². The van der Waals surface area contributed by atoms with Crippen LogP contribution in [0.2, 0.25) is 0 Å². The summed E-state index contributed by atoms with van der Waals surface area (Å²) in [7, 11) is 1.52. The lowest BCUT2D eigenvalue weighted by atomic mass is 10.1. The molecule has 0 saturated carbocycles. The maximum Gasteiger partial charge on any atom is 0.334 e. The highest BCUT2D eigenvalue weighted by molar-refractivity contribution is 5.93. The predicted molar refractivity (Wildman–Crippen MR) is 154 cm³/mol. The summed E-state index contributed by atoms with van der Waals surface area (Å²) in [5.74, 6) is -0.115. The first-order valence-electron chi connectivity index (χ1n) is 13.2. The number of amides is 2. The van der Waals surface area contributed by atoms with Crippen LogP contribution in [0.5, 0.6) is 5.75 Å². The van der Waals surface area contributed by atoms with Gasteiger partial charge < -0.3 is 30.3 Å². The van der Waals surface area contributed by atoms with Crippen molar-refractivity contribution in [3.63, 3.8) is 0 Å². The van der Waals surface area contributed by atoms with Gasteiger partial charge in [-0.2, -0.15) is 0 Å². The lowest BCUT2D eigenvalue weighted by Crippen LogP contribution is -2.57. The predicted octanol–water partition coefficient (Wildman–Crippen LogP) is 3.35. The van der Waals surface area contributed by atoms with Gasteiger partial charge in [0.2, 0.25) is 11.7 Å². The number of nitro groups is 1. The monoisotopic (exact) mass is 562 g/mol. The number of benzene rings is 2. The number of rotatable bonds is 11. The molecule has 0 aliphatic carbocycles. The molecule has 4 rings (SSSR count). The number of carbonyl (C=O) groups is 2. The molecule has 41 heavy (non-hydrogen) atoms. The topological polar surface area (TPSA) is 153 Å². The minimum absolute atomic E-state index is 0.0998. The average molecular weight is 563 g/mol. The minimum Gasteiger partial charge on any atom is -0.481 e. The van der Waals surface area contributed by atoms with E-state index in [4.69, 9.17) is 15.2 Å². The van der Waals surface area contributed by atoms with Gasteiger partial charge in [0.25, 0.3) is 5.91 Å². The van der Waals surface area contributed by atoms with E-state index in [9.17, 15) is 19.7 Å². The van der Waals surface area contributed by atoms with Crippen LogP contribution in [-0.2, 0) is 22.7 Å². The number of nitrogens with zero attached hydrogens (tertiary/aromatic N) is 4. The second-order valence-electron chi connectivity index (χ2n) is 9.83. The summed E-state index contributed by atoms with van der Waals surface area (Å²) in [6.45, 7) is 5.21. The Balaban J connectivity index is 1.45. The normalized spacial score (nSPS) is 15.7. The SMILES string of the molecule is COCc1cc(C(N)=O)ccc1O[C@@H](C)C(=O)N1CCN(c2nccc(NCc3ccccc3)c2[N+](=O)[O-])CC1C. The molecular weight excluding hydrogens is 528 g/mol. The van der Waals surface area contributed by atoms with Crippen molar-refractivity contribution in [3.8, 4) is 5.75 Å². The first kappa shape index (κ1) is 29.3. The van der Waals surface area contributed by atoms with E-state index in [1.165, 1.54) is 13.2 Å². The first-order valence-corrected chi connectivity index (χ1v) is 13.2. The number of piperazine rings is 1. The van der Waals surface area contributed by atoms with Gasteiger partial charge in [-0.3, -0.25) is 19.7 Å². The fourth-order valence-electron chi connectivity index (χ4n) is 4.86. The van der Waals surface area contributed by atoms with Gasteiger partial charge in [0.05, 0.1) is 11.5 Å². The summed E-state index contributed by atoms with van der Waals surface area (Å²) in [6.07, 6.45) is 0.728. The van der Waals surface area contributed by atoms with Crippen LogP contribution in [0, 0.1) is 10.1 Å². The molecule has 1 unspecified atom stereocenters. The number of carbonyl (C=O) groups excluding carboxylic acids is 2. The Morgan fingerprint density at radius 1 is 1.20 bits per heavy atom. The van der Waals surface area contributed by atoms with Crippen LogP contribution < -0.4 is 20.7 Å². The number of anilines is 2. The maximum atomic E-state index is 13.4. The summed E-state index contributed by atoms with van der Waals surface area (Å²) in [5, 5.41) is 15.3. The number of hydrogen-bond acceptors (Lipinski definition) is 9. The molecule has 0 bridgehead atoms. The van der Waals surface area contributed by atoms with Crippen molar-refractivity contribution in [1.29, 1.82) is 0 Å². The molecule has 3 aromatic rings. The number of primary amides is 1. The third-order valence-electron chi connectivity index (χ3n) is 6.92. The first-order chi connectivity index (χ1) is 19.7. The summed E-state index contributed by atoms with van der Waals surface area (Å²) in [4.78, 5) is 44.6. The van der Waals surface area contributed by atoms with E-state index in [2.05, 4.69) is 10.3 Å². The van der Waals surface area contributed by atoms with Crippen molar-refractivity contribution in [3.05, 3.63) is 87.6 Å². The van der Waals surface area contributed by atoms with Crippen molar-refractivity contribution < 1.29 is 24.0 Å². The van der Waals surface area contributed by atoms with Crippen LogP contribution >= 0.6 is 0 Å². The quantitative estimate of drug-likeness (QED) is 0.265. The van der Waals surface area contributed by atoms with E-state index in [0.717, 1.165) is 5.56 Å². The number of nitrogens with two attached hydrogens (primary N) is 1. The van der Waals surface area contributed by atoms with Gasteiger partial charge in [0.1, 0.15) is 11.4 Å². The molecule has 12 nitrogen and oxygen atoms in total. The second kappa shape index (κ2) is 13.1. The zero-order valence-electron chi connectivity index (χ0n) is 23.3. The molecule has 0 spiro atoms. The van der Waals surface area contributed by atoms with Gasteiger partial charge >= 0.3 is 5.69 Å². The van der Waals surface area contributed by atoms with Crippen LogP contribution in [0.25, 0.3) is 0 Å². The summed E-state index contributed by atoms with van der Waals surface area (Å²) >= 11 is 0. The number of aromatic nitrogens is 1. The number of methoxy groups -OCH3 is 1. The summed E-state index contributed by atoms with van der Waals surface area (Å²) < 4.78 is 11.2. The highest BCUT2D eigenvalue weighted by Gasteiger charge is 2.35. The molecule has 0 radical (unpaired) electrons. The fourth-order valence-corrected chi connectivity index (χ4v) is 4.86. The van der Waals surface area contributed by atoms with Crippen LogP contribution in [-0.4, -0.2) is 65.5 Å². The smallest absolute Gasteiger partial charge is 0.334 e. The molecule has 2 atom stereocenters. The van der Waals surface area contributed by atoms with Crippen molar-refractivity contribution >= 4 is 29.0 Å².